The molecular weight excluding hydrogens is 291 g/mol. The third-order valence-electron chi connectivity index (χ3n) is 4.10. The lowest BCUT2D eigenvalue weighted by molar-refractivity contribution is -0.186. The second kappa shape index (κ2) is 6.69. The number of hydrogen-bond donors (Lipinski definition) is 1. The van der Waals surface area contributed by atoms with Crippen LogP contribution in [0.4, 0.5) is 13.2 Å². The molecule has 3 unspecified atom stereocenters. The number of hydrogen-bond acceptors (Lipinski definition) is 3. The summed E-state index contributed by atoms with van der Waals surface area (Å²) in [4.78, 5) is 6.10. The molecule has 2 N–H and O–H groups in total. The van der Waals surface area contributed by atoms with Gasteiger partial charge in [0.25, 0.3) is 0 Å². The molecule has 0 spiro atoms. The van der Waals surface area contributed by atoms with Crippen LogP contribution >= 0.6 is 0 Å². The molecule has 0 saturated carbocycles. The van der Waals surface area contributed by atoms with Gasteiger partial charge in [-0.2, -0.15) is 13.2 Å². The van der Waals surface area contributed by atoms with E-state index < -0.39 is 18.1 Å². The number of nitrogens with zero attached hydrogens (tertiary/aromatic N) is 2. The van der Waals surface area contributed by atoms with Crippen molar-refractivity contribution in [3.8, 4) is 0 Å². The smallest absolute Gasteiger partial charge is 0.368 e. The number of allylic oxidation sites excluding steroid dienone is 4. The SMILES string of the molecule is C=CC=NC1=C(N2CC(N)CC(C(F)(F)F)C2)C=CCC1C. The van der Waals surface area contributed by atoms with Crippen molar-refractivity contribution in [3.63, 3.8) is 0 Å². The van der Waals surface area contributed by atoms with Crippen LogP contribution in [-0.4, -0.2) is 36.4 Å². The summed E-state index contributed by atoms with van der Waals surface area (Å²) in [7, 11) is 0. The number of nitrogens with two attached hydrogens (primary N) is 1. The molecule has 0 amide bonds. The Balaban J connectivity index is 2.32. The molecule has 0 radical (unpaired) electrons. The summed E-state index contributed by atoms with van der Waals surface area (Å²) < 4.78 is 39.2. The van der Waals surface area contributed by atoms with Crippen LogP contribution in [-0.2, 0) is 0 Å². The van der Waals surface area contributed by atoms with Crippen LogP contribution in [0.3, 0.4) is 0 Å². The van der Waals surface area contributed by atoms with Gasteiger partial charge in [0.2, 0.25) is 0 Å². The molecule has 3 nitrogen and oxygen atoms in total. The molecule has 1 aliphatic heterocycles. The van der Waals surface area contributed by atoms with Gasteiger partial charge in [-0.15, -0.1) is 0 Å². The van der Waals surface area contributed by atoms with Crippen molar-refractivity contribution in [1.29, 1.82) is 0 Å². The maximum absolute atomic E-state index is 13.1. The highest BCUT2D eigenvalue weighted by Gasteiger charge is 2.44. The number of piperidine rings is 1. The minimum atomic E-state index is -4.22. The molecular formula is C16H22F3N3. The van der Waals surface area contributed by atoms with Crippen LogP contribution in [0.2, 0.25) is 0 Å². The van der Waals surface area contributed by atoms with E-state index in [4.69, 9.17) is 5.73 Å². The van der Waals surface area contributed by atoms with Crippen molar-refractivity contribution >= 4 is 6.21 Å². The lowest BCUT2D eigenvalue weighted by Crippen LogP contribution is -2.50. The Kier molecular flexibility index (Phi) is 5.11. The van der Waals surface area contributed by atoms with Gasteiger partial charge in [-0.05, 0) is 18.9 Å². The van der Waals surface area contributed by atoms with Crippen molar-refractivity contribution in [2.45, 2.75) is 32.0 Å². The Bertz CT molecular complexity index is 505. The Morgan fingerprint density at radius 1 is 1.41 bits per heavy atom. The predicted octanol–water partition coefficient (Wildman–Crippen LogP) is 3.26. The first-order valence-corrected chi connectivity index (χ1v) is 7.46. The Morgan fingerprint density at radius 3 is 2.77 bits per heavy atom. The van der Waals surface area contributed by atoms with E-state index >= 15 is 0 Å². The molecule has 6 heteroatoms. The zero-order valence-electron chi connectivity index (χ0n) is 12.7. The maximum Gasteiger partial charge on any atom is 0.393 e. The van der Waals surface area contributed by atoms with Crippen LogP contribution in [0.1, 0.15) is 19.8 Å². The molecule has 1 saturated heterocycles. The van der Waals surface area contributed by atoms with Gasteiger partial charge in [-0.3, -0.25) is 4.99 Å². The summed E-state index contributed by atoms with van der Waals surface area (Å²) in [6.45, 7) is 5.97. The second-order valence-electron chi connectivity index (χ2n) is 5.96. The van der Waals surface area contributed by atoms with E-state index in [0.29, 0.717) is 6.54 Å². The van der Waals surface area contributed by atoms with E-state index in [1.165, 1.54) is 0 Å². The lowest BCUT2D eigenvalue weighted by Gasteiger charge is -2.40. The zero-order chi connectivity index (χ0) is 16.3. The summed E-state index contributed by atoms with van der Waals surface area (Å²) in [5.41, 5.74) is 7.41. The fourth-order valence-corrected chi connectivity index (χ4v) is 3.00. The van der Waals surface area contributed by atoms with Gasteiger partial charge in [0, 0.05) is 31.3 Å². The number of alkyl halides is 3. The fourth-order valence-electron chi connectivity index (χ4n) is 3.00. The predicted molar refractivity (Wildman–Crippen MR) is 82.3 cm³/mol. The molecule has 0 aromatic heterocycles. The van der Waals surface area contributed by atoms with Gasteiger partial charge >= 0.3 is 6.18 Å². The van der Waals surface area contributed by atoms with Crippen molar-refractivity contribution in [1.82, 2.24) is 4.90 Å². The number of aliphatic imine (C=N–C) groups is 1. The highest BCUT2D eigenvalue weighted by Crippen LogP contribution is 2.36. The minimum Gasteiger partial charge on any atom is -0.368 e. The minimum absolute atomic E-state index is 0.0161. The van der Waals surface area contributed by atoms with E-state index in [0.717, 1.165) is 17.8 Å². The van der Waals surface area contributed by atoms with Crippen molar-refractivity contribution in [3.05, 3.63) is 36.2 Å². The summed E-state index contributed by atoms with van der Waals surface area (Å²) in [6, 6.07) is -0.483. The summed E-state index contributed by atoms with van der Waals surface area (Å²) in [5, 5.41) is 0. The average Bonchev–Trinajstić information content (AvgIpc) is 2.44. The normalized spacial score (nSPS) is 30.2. The molecule has 2 rings (SSSR count). The Morgan fingerprint density at radius 2 is 2.14 bits per heavy atom. The summed E-state index contributed by atoms with van der Waals surface area (Å²) >= 11 is 0. The van der Waals surface area contributed by atoms with Crippen LogP contribution in [0.25, 0.3) is 0 Å². The van der Waals surface area contributed by atoms with E-state index in [-0.39, 0.29) is 18.9 Å². The molecule has 1 fully saturated rings. The molecule has 0 aromatic rings. The fraction of sp³-hybridized carbons (Fsp3) is 0.562. The van der Waals surface area contributed by atoms with Gasteiger partial charge in [-0.25, -0.2) is 0 Å². The highest BCUT2D eigenvalue weighted by atomic mass is 19.4. The quantitative estimate of drug-likeness (QED) is 0.813. The average molecular weight is 313 g/mol. The summed E-state index contributed by atoms with van der Waals surface area (Å²) in [5.74, 6) is -1.22. The van der Waals surface area contributed by atoms with E-state index in [1.807, 2.05) is 19.1 Å². The molecule has 2 aliphatic rings. The zero-order valence-corrected chi connectivity index (χ0v) is 12.7. The maximum atomic E-state index is 13.1. The third-order valence-corrected chi connectivity index (χ3v) is 4.10. The van der Waals surface area contributed by atoms with E-state index in [2.05, 4.69) is 11.6 Å². The van der Waals surface area contributed by atoms with Crippen LogP contribution < -0.4 is 5.73 Å². The topological polar surface area (TPSA) is 41.6 Å². The van der Waals surface area contributed by atoms with Crippen LogP contribution in [0.15, 0.2) is 41.2 Å². The van der Waals surface area contributed by atoms with E-state index in [1.54, 1.807) is 17.2 Å². The number of halogens is 3. The Labute approximate surface area is 129 Å². The highest BCUT2D eigenvalue weighted by molar-refractivity contribution is 5.71. The Hall–Kier alpha value is -1.56. The van der Waals surface area contributed by atoms with Gasteiger partial charge in [0.15, 0.2) is 0 Å². The van der Waals surface area contributed by atoms with Crippen molar-refractivity contribution in [2.24, 2.45) is 22.6 Å². The standard InChI is InChI=1S/C16H22F3N3/c1-3-7-21-15-11(2)5-4-6-14(15)22-9-12(16(17,18)19)8-13(20)10-22/h3-4,6-7,11-13H,1,5,8-10,20H2,2H3. The van der Waals surface area contributed by atoms with Crippen LogP contribution in [0.5, 0.6) is 0 Å². The van der Waals surface area contributed by atoms with Gasteiger partial charge in [0.05, 0.1) is 17.3 Å². The first kappa shape index (κ1) is 16.8. The number of rotatable bonds is 3. The van der Waals surface area contributed by atoms with Gasteiger partial charge in [0.1, 0.15) is 0 Å². The third kappa shape index (κ3) is 3.80. The monoisotopic (exact) mass is 313 g/mol. The first-order valence-electron chi connectivity index (χ1n) is 7.46. The largest absolute Gasteiger partial charge is 0.393 e. The molecule has 22 heavy (non-hydrogen) atoms. The lowest BCUT2D eigenvalue weighted by atomic mass is 9.91. The molecule has 3 atom stereocenters. The molecule has 0 bridgehead atoms. The molecule has 0 aromatic carbocycles. The summed E-state index contributed by atoms with van der Waals surface area (Å²) in [6.07, 6.45) is 3.59. The second-order valence-corrected chi connectivity index (χ2v) is 5.96. The van der Waals surface area contributed by atoms with Gasteiger partial charge in [-0.1, -0.05) is 25.7 Å². The van der Waals surface area contributed by atoms with Crippen molar-refractivity contribution < 1.29 is 13.2 Å². The van der Waals surface area contributed by atoms with E-state index in [9.17, 15) is 13.2 Å². The van der Waals surface area contributed by atoms with Crippen LogP contribution in [0, 0.1) is 11.8 Å². The number of likely N-dealkylation sites (tertiary alicyclic amines) is 1. The van der Waals surface area contributed by atoms with Gasteiger partial charge < -0.3 is 10.6 Å². The molecule has 1 aliphatic carbocycles. The van der Waals surface area contributed by atoms with Crippen molar-refractivity contribution in [2.75, 3.05) is 13.1 Å². The first-order chi connectivity index (χ1) is 10.3. The molecule has 1 heterocycles. The molecule has 122 valence electrons.